The summed E-state index contributed by atoms with van der Waals surface area (Å²) in [6.45, 7) is 15.4. The monoisotopic (exact) mass is 286 g/mol. The van der Waals surface area contributed by atoms with Crippen molar-refractivity contribution in [2.75, 3.05) is 31.6 Å². The highest BCUT2D eigenvalue weighted by molar-refractivity contribution is 7.98. The van der Waals surface area contributed by atoms with Gasteiger partial charge in [0.1, 0.15) is 0 Å². The molecule has 0 aromatic heterocycles. The summed E-state index contributed by atoms with van der Waals surface area (Å²) in [7, 11) is 0. The van der Waals surface area contributed by atoms with Gasteiger partial charge < -0.3 is 5.32 Å². The van der Waals surface area contributed by atoms with Gasteiger partial charge in [-0.05, 0) is 42.7 Å². The van der Waals surface area contributed by atoms with Crippen LogP contribution in [0.2, 0.25) is 0 Å². The van der Waals surface area contributed by atoms with E-state index in [1.807, 2.05) is 11.8 Å². The Morgan fingerprint density at radius 3 is 2.53 bits per heavy atom. The van der Waals surface area contributed by atoms with E-state index < -0.39 is 0 Å². The van der Waals surface area contributed by atoms with E-state index in [0.717, 1.165) is 12.0 Å². The summed E-state index contributed by atoms with van der Waals surface area (Å²) in [5.41, 5.74) is 0.362. The molecule has 1 rings (SSSR count). The van der Waals surface area contributed by atoms with Gasteiger partial charge in [-0.1, -0.05) is 34.6 Å². The molecule has 0 aromatic rings. The summed E-state index contributed by atoms with van der Waals surface area (Å²) in [6.07, 6.45) is 4.86. The first kappa shape index (κ1) is 17.3. The quantitative estimate of drug-likeness (QED) is 0.753. The second kappa shape index (κ2) is 7.90. The molecular formula is C16H34N2S. The van der Waals surface area contributed by atoms with Gasteiger partial charge in [-0.25, -0.2) is 0 Å². The Kier molecular flexibility index (Phi) is 7.20. The average molecular weight is 287 g/mol. The van der Waals surface area contributed by atoms with E-state index in [4.69, 9.17) is 0 Å². The van der Waals surface area contributed by atoms with Crippen molar-refractivity contribution in [3.63, 3.8) is 0 Å². The maximum absolute atomic E-state index is 3.79. The van der Waals surface area contributed by atoms with E-state index in [-0.39, 0.29) is 0 Å². The Labute approximate surface area is 125 Å². The fourth-order valence-corrected chi connectivity index (χ4v) is 3.32. The van der Waals surface area contributed by atoms with Crippen LogP contribution in [0.15, 0.2) is 0 Å². The van der Waals surface area contributed by atoms with Gasteiger partial charge in [0.15, 0.2) is 0 Å². The molecule has 0 saturated carbocycles. The third kappa shape index (κ3) is 6.05. The molecule has 2 unspecified atom stereocenters. The van der Waals surface area contributed by atoms with Crippen molar-refractivity contribution in [2.24, 2.45) is 11.3 Å². The maximum Gasteiger partial charge on any atom is 0.0244 e. The molecule has 19 heavy (non-hydrogen) atoms. The lowest BCUT2D eigenvalue weighted by Gasteiger charge is -2.45. The minimum atomic E-state index is 0.362. The van der Waals surface area contributed by atoms with Crippen molar-refractivity contribution in [1.82, 2.24) is 10.2 Å². The Hall–Kier alpha value is 0.270. The van der Waals surface area contributed by atoms with Gasteiger partial charge >= 0.3 is 0 Å². The number of piperazine rings is 1. The van der Waals surface area contributed by atoms with Crippen molar-refractivity contribution < 1.29 is 0 Å². The summed E-state index contributed by atoms with van der Waals surface area (Å²) in [5, 5.41) is 3.79. The van der Waals surface area contributed by atoms with E-state index in [2.05, 4.69) is 51.1 Å². The van der Waals surface area contributed by atoms with Crippen LogP contribution in [0, 0.1) is 11.3 Å². The molecule has 0 aromatic carbocycles. The van der Waals surface area contributed by atoms with Crippen molar-refractivity contribution >= 4 is 11.8 Å². The molecule has 0 amide bonds. The fourth-order valence-electron chi connectivity index (χ4n) is 2.90. The molecule has 1 fully saturated rings. The zero-order valence-electron chi connectivity index (χ0n) is 13.8. The zero-order valence-corrected chi connectivity index (χ0v) is 14.6. The molecule has 0 bridgehead atoms. The largest absolute Gasteiger partial charge is 0.311 e. The minimum Gasteiger partial charge on any atom is -0.311 e. The van der Waals surface area contributed by atoms with Crippen LogP contribution in [0.5, 0.6) is 0 Å². The van der Waals surface area contributed by atoms with E-state index in [0.29, 0.717) is 11.5 Å². The van der Waals surface area contributed by atoms with Gasteiger partial charge in [-0.3, -0.25) is 4.90 Å². The number of hydrogen-bond acceptors (Lipinski definition) is 3. The molecule has 1 aliphatic rings. The van der Waals surface area contributed by atoms with Crippen LogP contribution in [0.3, 0.4) is 0 Å². The number of rotatable bonds is 6. The van der Waals surface area contributed by atoms with Gasteiger partial charge in [-0.2, -0.15) is 11.8 Å². The van der Waals surface area contributed by atoms with Gasteiger partial charge in [-0.15, -0.1) is 0 Å². The summed E-state index contributed by atoms with van der Waals surface area (Å²) < 4.78 is 0. The third-order valence-corrected chi connectivity index (χ3v) is 4.81. The standard InChI is InChI=1S/C16H34N2S/c1-13(2)10-14-11-17-15(16(3,4)5)12-18(14)8-7-9-19-6/h13-15,17H,7-12H2,1-6H3. The molecule has 0 radical (unpaired) electrons. The first-order valence-electron chi connectivity index (χ1n) is 7.81. The zero-order chi connectivity index (χ0) is 14.5. The Morgan fingerprint density at radius 2 is 2.00 bits per heavy atom. The summed E-state index contributed by atoms with van der Waals surface area (Å²) in [5.74, 6) is 2.08. The van der Waals surface area contributed by atoms with Crippen LogP contribution in [0.1, 0.15) is 47.5 Å². The van der Waals surface area contributed by atoms with Crippen LogP contribution < -0.4 is 5.32 Å². The van der Waals surface area contributed by atoms with Crippen LogP contribution in [0.25, 0.3) is 0 Å². The van der Waals surface area contributed by atoms with Crippen molar-refractivity contribution in [3.8, 4) is 0 Å². The average Bonchev–Trinajstić information content (AvgIpc) is 2.29. The van der Waals surface area contributed by atoms with Gasteiger partial charge in [0.25, 0.3) is 0 Å². The summed E-state index contributed by atoms with van der Waals surface area (Å²) >= 11 is 1.97. The fraction of sp³-hybridized carbons (Fsp3) is 1.00. The van der Waals surface area contributed by atoms with E-state index in [1.54, 1.807) is 0 Å². The molecular weight excluding hydrogens is 252 g/mol. The maximum atomic E-state index is 3.79. The Balaban J connectivity index is 2.57. The van der Waals surface area contributed by atoms with Crippen molar-refractivity contribution in [1.29, 1.82) is 0 Å². The first-order chi connectivity index (χ1) is 8.84. The normalized spacial score (nSPS) is 26.1. The highest BCUT2D eigenvalue weighted by Gasteiger charge is 2.33. The van der Waals surface area contributed by atoms with Gasteiger partial charge in [0.2, 0.25) is 0 Å². The molecule has 1 heterocycles. The molecule has 0 aliphatic carbocycles. The molecule has 2 nitrogen and oxygen atoms in total. The summed E-state index contributed by atoms with van der Waals surface area (Å²) in [4.78, 5) is 2.75. The second-order valence-electron chi connectivity index (χ2n) is 7.45. The lowest BCUT2D eigenvalue weighted by Crippen LogP contribution is -2.60. The molecule has 1 aliphatic heterocycles. The molecule has 0 spiro atoms. The van der Waals surface area contributed by atoms with Gasteiger partial charge in [0.05, 0.1) is 0 Å². The smallest absolute Gasteiger partial charge is 0.0244 e. The van der Waals surface area contributed by atoms with Crippen molar-refractivity contribution in [2.45, 2.75) is 59.5 Å². The molecule has 3 heteroatoms. The van der Waals surface area contributed by atoms with Crippen LogP contribution >= 0.6 is 11.8 Å². The van der Waals surface area contributed by atoms with Crippen LogP contribution in [-0.2, 0) is 0 Å². The van der Waals surface area contributed by atoms with Crippen LogP contribution in [0.4, 0.5) is 0 Å². The van der Waals surface area contributed by atoms with E-state index in [9.17, 15) is 0 Å². The molecule has 1 saturated heterocycles. The third-order valence-electron chi connectivity index (χ3n) is 4.12. The number of thioether (sulfide) groups is 1. The Morgan fingerprint density at radius 1 is 1.32 bits per heavy atom. The predicted molar refractivity (Wildman–Crippen MR) is 89.1 cm³/mol. The summed E-state index contributed by atoms with van der Waals surface area (Å²) in [6, 6.07) is 1.37. The highest BCUT2D eigenvalue weighted by Crippen LogP contribution is 2.25. The number of hydrogen-bond donors (Lipinski definition) is 1. The minimum absolute atomic E-state index is 0.362. The molecule has 1 N–H and O–H groups in total. The molecule has 114 valence electrons. The highest BCUT2D eigenvalue weighted by atomic mass is 32.2. The van der Waals surface area contributed by atoms with Crippen LogP contribution in [-0.4, -0.2) is 48.6 Å². The molecule has 2 atom stereocenters. The second-order valence-corrected chi connectivity index (χ2v) is 8.44. The van der Waals surface area contributed by atoms with Crippen molar-refractivity contribution in [3.05, 3.63) is 0 Å². The lowest BCUT2D eigenvalue weighted by atomic mass is 9.84. The van der Waals surface area contributed by atoms with E-state index in [1.165, 1.54) is 38.2 Å². The lowest BCUT2D eigenvalue weighted by molar-refractivity contribution is 0.0755. The Bertz CT molecular complexity index is 248. The predicted octanol–water partition coefficient (Wildman–Crippen LogP) is 3.47. The van der Waals surface area contributed by atoms with Gasteiger partial charge in [0, 0.05) is 25.2 Å². The first-order valence-corrected chi connectivity index (χ1v) is 9.20. The number of nitrogens with one attached hydrogen (secondary N) is 1. The number of nitrogens with zero attached hydrogens (tertiary/aromatic N) is 1. The SMILES string of the molecule is CSCCCN1CC(C(C)(C)C)NCC1CC(C)C. The van der Waals surface area contributed by atoms with E-state index >= 15 is 0 Å². The topological polar surface area (TPSA) is 15.3 Å².